The molecule has 0 aromatic carbocycles. The van der Waals surface area contributed by atoms with Gasteiger partial charge in [-0.25, -0.2) is 0 Å². The lowest BCUT2D eigenvalue weighted by Gasteiger charge is -2.27. The first-order chi connectivity index (χ1) is 5.36. The van der Waals surface area contributed by atoms with E-state index in [0.29, 0.717) is 6.10 Å². The largest absolute Gasteiger partial charge is 0.381 e. The molecule has 1 fully saturated rings. The van der Waals surface area contributed by atoms with Crippen LogP contribution in [0, 0.1) is 12.3 Å². The van der Waals surface area contributed by atoms with Crippen molar-refractivity contribution in [3.63, 3.8) is 0 Å². The minimum atomic E-state index is 0.538. The molecule has 1 rings (SSSR count). The lowest BCUT2D eigenvalue weighted by Crippen LogP contribution is -2.21. The summed E-state index contributed by atoms with van der Waals surface area (Å²) < 4.78 is 5.35. The molecule has 1 aliphatic carbocycles. The molecule has 0 aromatic rings. The third-order valence-electron chi connectivity index (χ3n) is 2.57. The van der Waals surface area contributed by atoms with E-state index in [9.17, 15) is 0 Å². The molecule has 0 heterocycles. The lowest BCUT2D eigenvalue weighted by atomic mass is 9.84. The molecule has 0 N–H and O–H groups in total. The van der Waals surface area contributed by atoms with Crippen molar-refractivity contribution in [1.82, 2.24) is 0 Å². The zero-order valence-electron chi connectivity index (χ0n) is 7.68. The van der Waals surface area contributed by atoms with E-state index in [0.717, 1.165) is 5.92 Å². The monoisotopic (exact) mass is 155 g/mol. The highest BCUT2D eigenvalue weighted by Crippen LogP contribution is 2.28. The van der Waals surface area contributed by atoms with Crippen molar-refractivity contribution >= 4 is 0 Å². The van der Waals surface area contributed by atoms with E-state index in [-0.39, 0.29) is 0 Å². The molecule has 65 valence electrons. The van der Waals surface area contributed by atoms with Crippen LogP contribution in [0.1, 0.15) is 39.0 Å². The molecular formula is C10H19O. The van der Waals surface area contributed by atoms with Crippen molar-refractivity contribution in [1.29, 1.82) is 0 Å². The van der Waals surface area contributed by atoms with Crippen LogP contribution in [0.25, 0.3) is 0 Å². The van der Waals surface area contributed by atoms with Gasteiger partial charge in [0.15, 0.2) is 0 Å². The number of hydrogen-bond donors (Lipinski definition) is 0. The van der Waals surface area contributed by atoms with Crippen molar-refractivity contribution in [3.8, 4) is 0 Å². The molecule has 0 aliphatic heterocycles. The van der Waals surface area contributed by atoms with Gasteiger partial charge in [0, 0.05) is 7.11 Å². The van der Waals surface area contributed by atoms with Gasteiger partial charge in [0.2, 0.25) is 0 Å². The van der Waals surface area contributed by atoms with Crippen molar-refractivity contribution in [2.24, 2.45) is 5.92 Å². The third-order valence-corrected chi connectivity index (χ3v) is 2.57. The molecule has 2 atom stereocenters. The third kappa shape index (κ3) is 2.82. The Bertz CT molecular complexity index is 99.0. The SMILES string of the molecule is CC[CH]C1CCCC(OC)C1. The molecule has 1 aliphatic rings. The minimum Gasteiger partial charge on any atom is -0.381 e. The topological polar surface area (TPSA) is 9.23 Å². The van der Waals surface area contributed by atoms with Gasteiger partial charge < -0.3 is 4.74 Å². The Balaban J connectivity index is 2.21. The molecule has 0 saturated heterocycles. The summed E-state index contributed by atoms with van der Waals surface area (Å²) in [6.45, 7) is 2.22. The quantitative estimate of drug-likeness (QED) is 0.609. The zero-order valence-corrected chi connectivity index (χ0v) is 7.68. The molecule has 1 saturated carbocycles. The second-order valence-corrected chi connectivity index (χ2v) is 3.43. The minimum absolute atomic E-state index is 0.538. The predicted octanol–water partition coefficient (Wildman–Crippen LogP) is 2.81. The van der Waals surface area contributed by atoms with E-state index < -0.39 is 0 Å². The standard InChI is InChI=1S/C10H19O/c1-3-5-9-6-4-7-10(8-9)11-2/h5,9-10H,3-4,6-8H2,1-2H3. The molecular weight excluding hydrogens is 136 g/mol. The van der Waals surface area contributed by atoms with Crippen molar-refractivity contribution in [2.75, 3.05) is 7.11 Å². The smallest absolute Gasteiger partial charge is 0.0574 e. The molecule has 0 spiro atoms. The maximum atomic E-state index is 5.35. The normalized spacial score (nSPS) is 32.2. The molecule has 0 amide bonds. The lowest BCUT2D eigenvalue weighted by molar-refractivity contribution is 0.0560. The Hall–Kier alpha value is -0.0400. The molecule has 1 nitrogen and oxygen atoms in total. The van der Waals surface area contributed by atoms with E-state index in [1.807, 2.05) is 7.11 Å². The van der Waals surface area contributed by atoms with Gasteiger partial charge in [0.25, 0.3) is 0 Å². The zero-order chi connectivity index (χ0) is 8.10. The first-order valence-corrected chi connectivity index (χ1v) is 4.73. The van der Waals surface area contributed by atoms with Gasteiger partial charge in [-0.05, 0) is 31.6 Å². The summed E-state index contributed by atoms with van der Waals surface area (Å²) in [5.74, 6) is 0.832. The Kier molecular flexibility index (Phi) is 3.92. The van der Waals surface area contributed by atoms with Gasteiger partial charge in [0.1, 0.15) is 0 Å². The molecule has 1 radical (unpaired) electrons. The number of ether oxygens (including phenoxy) is 1. The van der Waals surface area contributed by atoms with Crippen LogP contribution in [0.5, 0.6) is 0 Å². The van der Waals surface area contributed by atoms with Crippen LogP contribution >= 0.6 is 0 Å². The van der Waals surface area contributed by atoms with Crippen LogP contribution in [0.2, 0.25) is 0 Å². The molecule has 0 aromatic heterocycles. The second kappa shape index (κ2) is 4.76. The van der Waals surface area contributed by atoms with Gasteiger partial charge in [-0.3, -0.25) is 0 Å². The fraction of sp³-hybridized carbons (Fsp3) is 0.900. The van der Waals surface area contributed by atoms with Gasteiger partial charge >= 0.3 is 0 Å². The molecule has 1 heteroatoms. The van der Waals surface area contributed by atoms with Gasteiger partial charge in [-0.2, -0.15) is 0 Å². The average Bonchev–Trinajstić information content (AvgIpc) is 2.06. The van der Waals surface area contributed by atoms with Crippen molar-refractivity contribution < 1.29 is 4.74 Å². The average molecular weight is 155 g/mol. The number of hydrogen-bond acceptors (Lipinski definition) is 1. The Morgan fingerprint density at radius 1 is 1.45 bits per heavy atom. The highest BCUT2D eigenvalue weighted by Gasteiger charge is 2.20. The maximum absolute atomic E-state index is 5.35. The maximum Gasteiger partial charge on any atom is 0.0574 e. The van der Waals surface area contributed by atoms with Gasteiger partial charge in [0.05, 0.1) is 6.10 Å². The Morgan fingerprint density at radius 3 is 2.91 bits per heavy atom. The number of methoxy groups -OCH3 is 1. The molecule has 0 bridgehead atoms. The predicted molar refractivity (Wildman–Crippen MR) is 47.3 cm³/mol. The fourth-order valence-electron chi connectivity index (χ4n) is 1.94. The Labute approximate surface area is 70.1 Å². The van der Waals surface area contributed by atoms with E-state index in [4.69, 9.17) is 4.74 Å². The first-order valence-electron chi connectivity index (χ1n) is 4.73. The summed E-state index contributed by atoms with van der Waals surface area (Å²) in [6.07, 6.45) is 9.44. The Morgan fingerprint density at radius 2 is 2.27 bits per heavy atom. The van der Waals surface area contributed by atoms with Crippen LogP contribution in [0.4, 0.5) is 0 Å². The number of rotatable bonds is 3. The second-order valence-electron chi connectivity index (χ2n) is 3.43. The first kappa shape index (κ1) is 9.05. The summed E-state index contributed by atoms with van der Waals surface area (Å²) >= 11 is 0. The van der Waals surface area contributed by atoms with Crippen LogP contribution < -0.4 is 0 Å². The van der Waals surface area contributed by atoms with E-state index in [1.165, 1.54) is 32.1 Å². The van der Waals surface area contributed by atoms with Crippen LogP contribution in [0.15, 0.2) is 0 Å². The van der Waals surface area contributed by atoms with Gasteiger partial charge in [-0.15, -0.1) is 0 Å². The van der Waals surface area contributed by atoms with Crippen LogP contribution in [0.3, 0.4) is 0 Å². The van der Waals surface area contributed by atoms with E-state index in [2.05, 4.69) is 13.3 Å². The highest BCUT2D eigenvalue weighted by molar-refractivity contribution is 4.82. The van der Waals surface area contributed by atoms with Crippen LogP contribution in [-0.2, 0) is 4.74 Å². The highest BCUT2D eigenvalue weighted by atomic mass is 16.5. The van der Waals surface area contributed by atoms with E-state index >= 15 is 0 Å². The molecule has 11 heavy (non-hydrogen) atoms. The summed E-state index contributed by atoms with van der Waals surface area (Å²) in [5.41, 5.74) is 0. The van der Waals surface area contributed by atoms with E-state index in [1.54, 1.807) is 0 Å². The summed E-state index contributed by atoms with van der Waals surface area (Å²) in [6, 6.07) is 0. The van der Waals surface area contributed by atoms with Crippen molar-refractivity contribution in [2.45, 2.75) is 45.1 Å². The van der Waals surface area contributed by atoms with Gasteiger partial charge in [-0.1, -0.05) is 19.8 Å². The summed E-state index contributed by atoms with van der Waals surface area (Å²) in [4.78, 5) is 0. The van der Waals surface area contributed by atoms with Crippen LogP contribution in [-0.4, -0.2) is 13.2 Å². The summed E-state index contributed by atoms with van der Waals surface area (Å²) in [7, 11) is 1.83. The molecule has 2 unspecified atom stereocenters. The van der Waals surface area contributed by atoms with Crippen molar-refractivity contribution in [3.05, 3.63) is 6.42 Å². The summed E-state index contributed by atoms with van der Waals surface area (Å²) in [5, 5.41) is 0. The fourth-order valence-corrected chi connectivity index (χ4v) is 1.94.